The molecule has 2 aromatic heterocycles. The molecule has 3 aromatic rings. The van der Waals surface area contributed by atoms with Crippen molar-refractivity contribution in [2.75, 3.05) is 0 Å². The van der Waals surface area contributed by atoms with Gasteiger partial charge in [-0.25, -0.2) is 4.98 Å². The molecule has 3 rings (SSSR count). The monoisotopic (exact) mass is 328 g/mol. The molecule has 5 heteroatoms. The maximum Gasteiger partial charge on any atom is 0.226 e. The summed E-state index contributed by atoms with van der Waals surface area (Å²) >= 11 is 3.23. The summed E-state index contributed by atoms with van der Waals surface area (Å²) in [4.78, 5) is 16.5. The van der Waals surface area contributed by atoms with Crippen LogP contribution in [-0.4, -0.2) is 10.9 Å². The molecule has 0 spiro atoms. The third-order valence-electron chi connectivity index (χ3n) is 3.23. The van der Waals surface area contributed by atoms with Gasteiger partial charge in [0.1, 0.15) is 5.01 Å². The Labute approximate surface area is 137 Å². The van der Waals surface area contributed by atoms with E-state index >= 15 is 0 Å². The number of aryl methyl sites for hydroxylation is 1. The number of thiophene rings is 1. The van der Waals surface area contributed by atoms with Crippen LogP contribution in [0.15, 0.2) is 46.5 Å². The third kappa shape index (κ3) is 3.81. The van der Waals surface area contributed by atoms with E-state index in [9.17, 15) is 4.79 Å². The highest BCUT2D eigenvalue weighted by Crippen LogP contribution is 2.25. The van der Waals surface area contributed by atoms with Crippen LogP contribution in [0.2, 0.25) is 0 Å². The third-order valence-corrected chi connectivity index (χ3v) is 4.86. The zero-order chi connectivity index (χ0) is 15.4. The van der Waals surface area contributed by atoms with Crippen LogP contribution in [0.4, 0.5) is 0 Å². The first-order valence-electron chi connectivity index (χ1n) is 7.00. The van der Waals surface area contributed by atoms with Gasteiger partial charge >= 0.3 is 0 Å². The summed E-state index contributed by atoms with van der Waals surface area (Å²) in [6.07, 6.45) is 0.326. The largest absolute Gasteiger partial charge is 0.352 e. The molecular formula is C17H16N2OS2. The van der Waals surface area contributed by atoms with E-state index in [1.165, 1.54) is 5.56 Å². The Morgan fingerprint density at radius 3 is 2.95 bits per heavy atom. The second kappa shape index (κ2) is 6.85. The van der Waals surface area contributed by atoms with E-state index < -0.39 is 0 Å². The molecule has 0 bridgehead atoms. The number of thiazole rings is 1. The second-order valence-electron chi connectivity index (χ2n) is 5.10. The van der Waals surface area contributed by atoms with E-state index in [1.54, 1.807) is 22.7 Å². The predicted octanol–water partition coefficient (Wildman–Crippen LogP) is 4.04. The van der Waals surface area contributed by atoms with Crippen LogP contribution >= 0.6 is 22.7 Å². The van der Waals surface area contributed by atoms with Crippen molar-refractivity contribution in [3.05, 3.63) is 63.3 Å². The van der Waals surface area contributed by atoms with Crippen molar-refractivity contribution in [1.29, 1.82) is 0 Å². The number of hydrogen-bond donors (Lipinski definition) is 1. The fourth-order valence-corrected chi connectivity index (χ4v) is 3.69. The fourth-order valence-electron chi connectivity index (χ4n) is 2.16. The summed E-state index contributed by atoms with van der Waals surface area (Å²) in [5.74, 6) is 0.00340. The van der Waals surface area contributed by atoms with Crippen LogP contribution in [0.25, 0.3) is 10.6 Å². The molecule has 1 amide bonds. The van der Waals surface area contributed by atoms with Crippen molar-refractivity contribution in [3.8, 4) is 10.6 Å². The lowest BCUT2D eigenvalue weighted by atomic mass is 10.1. The lowest BCUT2D eigenvalue weighted by molar-refractivity contribution is -0.120. The zero-order valence-corrected chi connectivity index (χ0v) is 13.8. The van der Waals surface area contributed by atoms with E-state index in [1.807, 2.05) is 41.9 Å². The van der Waals surface area contributed by atoms with Crippen molar-refractivity contribution >= 4 is 28.6 Å². The molecule has 22 heavy (non-hydrogen) atoms. The van der Waals surface area contributed by atoms with Crippen molar-refractivity contribution in [2.45, 2.75) is 19.9 Å². The number of carbonyl (C=O) groups excluding carboxylic acids is 1. The van der Waals surface area contributed by atoms with E-state index in [-0.39, 0.29) is 5.91 Å². The van der Waals surface area contributed by atoms with Gasteiger partial charge in [-0.15, -0.1) is 11.3 Å². The SMILES string of the molecule is Cc1cccc(CNC(=O)Cc2csc(-c3ccsc3)n2)c1. The summed E-state index contributed by atoms with van der Waals surface area (Å²) in [5.41, 5.74) is 4.27. The van der Waals surface area contributed by atoms with Gasteiger partial charge in [-0.05, 0) is 23.9 Å². The number of carbonyl (C=O) groups is 1. The molecule has 1 N–H and O–H groups in total. The minimum absolute atomic E-state index is 0.00340. The number of amides is 1. The Morgan fingerprint density at radius 1 is 1.27 bits per heavy atom. The van der Waals surface area contributed by atoms with Gasteiger partial charge < -0.3 is 5.32 Å². The molecule has 0 atom stereocenters. The normalized spacial score (nSPS) is 10.6. The molecule has 0 radical (unpaired) electrons. The smallest absolute Gasteiger partial charge is 0.226 e. The highest BCUT2D eigenvalue weighted by atomic mass is 32.1. The predicted molar refractivity (Wildman–Crippen MR) is 92.2 cm³/mol. The van der Waals surface area contributed by atoms with E-state index in [2.05, 4.69) is 21.7 Å². The first kappa shape index (κ1) is 14.9. The van der Waals surface area contributed by atoms with E-state index in [0.717, 1.165) is 21.8 Å². The van der Waals surface area contributed by atoms with Crippen LogP contribution in [0, 0.1) is 6.92 Å². The Kier molecular flexibility index (Phi) is 4.65. The van der Waals surface area contributed by atoms with E-state index in [4.69, 9.17) is 0 Å². The first-order chi connectivity index (χ1) is 10.7. The maximum atomic E-state index is 12.0. The van der Waals surface area contributed by atoms with Gasteiger partial charge in [0.2, 0.25) is 5.91 Å². The Hall–Kier alpha value is -1.98. The van der Waals surface area contributed by atoms with Crippen LogP contribution in [-0.2, 0) is 17.8 Å². The first-order valence-corrected chi connectivity index (χ1v) is 8.82. The molecular weight excluding hydrogens is 312 g/mol. The van der Waals surface area contributed by atoms with Gasteiger partial charge in [-0.2, -0.15) is 11.3 Å². The van der Waals surface area contributed by atoms with Gasteiger partial charge in [0.25, 0.3) is 0 Å². The van der Waals surface area contributed by atoms with Crippen LogP contribution in [0.1, 0.15) is 16.8 Å². The fraction of sp³-hybridized carbons (Fsp3) is 0.176. The highest BCUT2D eigenvalue weighted by molar-refractivity contribution is 7.14. The summed E-state index contributed by atoms with van der Waals surface area (Å²) in [6.45, 7) is 2.61. The van der Waals surface area contributed by atoms with Gasteiger partial charge in [-0.3, -0.25) is 4.79 Å². The number of nitrogens with zero attached hydrogens (tertiary/aromatic N) is 1. The Morgan fingerprint density at radius 2 is 2.18 bits per heavy atom. The minimum Gasteiger partial charge on any atom is -0.352 e. The van der Waals surface area contributed by atoms with Crippen molar-refractivity contribution in [3.63, 3.8) is 0 Å². The molecule has 0 aliphatic rings. The number of rotatable bonds is 5. The van der Waals surface area contributed by atoms with E-state index in [0.29, 0.717) is 13.0 Å². The lowest BCUT2D eigenvalue weighted by Crippen LogP contribution is -2.24. The second-order valence-corrected chi connectivity index (χ2v) is 6.74. The molecule has 1 aromatic carbocycles. The summed E-state index contributed by atoms with van der Waals surface area (Å²) in [6, 6.07) is 10.2. The zero-order valence-electron chi connectivity index (χ0n) is 12.2. The lowest BCUT2D eigenvalue weighted by Gasteiger charge is -2.05. The van der Waals surface area contributed by atoms with Crippen LogP contribution < -0.4 is 5.32 Å². The molecule has 0 aliphatic heterocycles. The molecule has 0 fully saturated rings. The quantitative estimate of drug-likeness (QED) is 0.768. The molecule has 2 heterocycles. The number of benzene rings is 1. The number of aromatic nitrogens is 1. The Bertz CT molecular complexity index is 763. The molecule has 3 nitrogen and oxygen atoms in total. The number of hydrogen-bond acceptors (Lipinski definition) is 4. The standard InChI is InChI=1S/C17H16N2OS2/c1-12-3-2-4-13(7-12)9-18-16(20)8-15-11-22-17(19-15)14-5-6-21-10-14/h2-7,10-11H,8-9H2,1H3,(H,18,20). The van der Waals surface area contributed by atoms with Crippen molar-refractivity contribution < 1.29 is 4.79 Å². The molecule has 0 saturated carbocycles. The van der Waals surface area contributed by atoms with Gasteiger partial charge in [0.05, 0.1) is 12.1 Å². The molecule has 0 aliphatic carbocycles. The van der Waals surface area contributed by atoms with Gasteiger partial charge in [0.15, 0.2) is 0 Å². The highest BCUT2D eigenvalue weighted by Gasteiger charge is 2.09. The summed E-state index contributed by atoms with van der Waals surface area (Å²) in [5, 5.41) is 9.98. The summed E-state index contributed by atoms with van der Waals surface area (Å²) < 4.78 is 0. The number of nitrogens with one attached hydrogen (secondary N) is 1. The average Bonchev–Trinajstić information content (AvgIpc) is 3.16. The summed E-state index contributed by atoms with van der Waals surface area (Å²) in [7, 11) is 0. The van der Waals surface area contributed by atoms with Crippen molar-refractivity contribution in [2.24, 2.45) is 0 Å². The van der Waals surface area contributed by atoms with Crippen LogP contribution in [0.3, 0.4) is 0 Å². The molecule has 112 valence electrons. The van der Waals surface area contributed by atoms with Gasteiger partial charge in [-0.1, -0.05) is 29.8 Å². The minimum atomic E-state index is 0.00340. The van der Waals surface area contributed by atoms with Gasteiger partial charge in [0, 0.05) is 22.9 Å². The van der Waals surface area contributed by atoms with Crippen molar-refractivity contribution in [1.82, 2.24) is 10.3 Å². The average molecular weight is 328 g/mol. The Balaban J connectivity index is 1.56. The molecule has 0 unspecified atom stereocenters. The van der Waals surface area contributed by atoms with Crippen LogP contribution in [0.5, 0.6) is 0 Å². The maximum absolute atomic E-state index is 12.0. The molecule has 0 saturated heterocycles. The topological polar surface area (TPSA) is 42.0 Å².